The van der Waals surface area contributed by atoms with Crippen LogP contribution in [0.3, 0.4) is 0 Å². The van der Waals surface area contributed by atoms with Crippen LogP contribution in [0.1, 0.15) is 11.3 Å². The number of alkyl halides is 3. The smallest absolute Gasteiger partial charge is 0.332 e. The Morgan fingerprint density at radius 2 is 2.00 bits per heavy atom. The number of hydrogen-bond donors (Lipinski definition) is 3. The molecule has 1 aromatic heterocycles. The first kappa shape index (κ1) is 16.6. The molecule has 1 aliphatic rings. The molecule has 0 saturated carbocycles. The highest BCUT2D eigenvalue weighted by Crippen LogP contribution is 2.34. The summed E-state index contributed by atoms with van der Waals surface area (Å²) in [5.74, 6) is 0. The molecule has 0 fully saturated rings. The molecule has 4 amide bonds. The highest BCUT2D eigenvalue weighted by molar-refractivity contribution is 6.07. The van der Waals surface area contributed by atoms with Crippen LogP contribution in [0.4, 0.5) is 39.8 Å². The molecule has 25 heavy (non-hydrogen) atoms. The van der Waals surface area contributed by atoms with Crippen molar-refractivity contribution in [1.82, 2.24) is 15.6 Å². The number of aromatic nitrogens is 1. The van der Waals surface area contributed by atoms with Crippen molar-refractivity contribution in [3.05, 3.63) is 47.8 Å². The summed E-state index contributed by atoms with van der Waals surface area (Å²) in [7, 11) is 0. The fraction of sp³-hybridized carbons (Fsp3) is 0.133. The summed E-state index contributed by atoms with van der Waals surface area (Å²) >= 11 is 0. The minimum Gasteiger partial charge on any atom is -0.332 e. The molecule has 0 bridgehead atoms. The normalized spacial score (nSPS) is 12.8. The van der Waals surface area contributed by atoms with Crippen LogP contribution in [0.25, 0.3) is 0 Å². The average molecular weight is 350 g/mol. The molecule has 0 spiro atoms. The quantitative estimate of drug-likeness (QED) is 0.793. The second-order valence-electron chi connectivity index (χ2n) is 5.09. The Hall–Kier alpha value is -3.30. The number of benzene rings is 1. The number of nitrogens with zero attached hydrogens (tertiary/aromatic N) is 2. The summed E-state index contributed by atoms with van der Waals surface area (Å²) in [4.78, 5) is 26.8. The van der Waals surface area contributed by atoms with Gasteiger partial charge in [-0.15, -0.1) is 0 Å². The molecule has 0 aliphatic carbocycles. The maximum absolute atomic E-state index is 12.5. The monoisotopic (exact) mass is 350 g/mol. The van der Waals surface area contributed by atoms with E-state index in [1.165, 1.54) is 6.07 Å². The minimum atomic E-state index is -4.46. The zero-order chi connectivity index (χ0) is 18.0. The van der Waals surface area contributed by atoms with Crippen LogP contribution >= 0.6 is 0 Å². The molecule has 10 heteroatoms. The van der Waals surface area contributed by atoms with Crippen molar-refractivity contribution in [2.24, 2.45) is 0 Å². The number of hydrogen-bond acceptors (Lipinski definition) is 3. The van der Waals surface area contributed by atoms with Gasteiger partial charge in [0, 0.05) is 6.20 Å². The lowest BCUT2D eigenvalue weighted by molar-refractivity contribution is -0.137. The first-order chi connectivity index (χ1) is 11.8. The summed E-state index contributed by atoms with van der Waals surface area (Å²) in [6, 6.07) is 5.77. The molecule has 0 saturated heterocycles. The molecule has 3 N–H and O–H groups in total. The summed E-state index contributed by atoms with van der Waals surface area (Å²) in [6.07, 6.45) is -3.76. The van der Waals surface area contributed by atoms with Gasteiger partial charge < -0.3 is 16.0 Å². The molecule has 1 aliphatic heterocycles. The van der Waals surface area contributed by atoms with Gasteiger partial charge in [0.05, 0.1) is 29.2 Å². The molecule has 7 nitrogen and oxygen atoms in total. The van der Waals surface area contributed by atoms with E-state index in [4.69, 9.17) is 0 Å². The van der Waals surface area contributed by atoms with Gasteiger partial charge in [0.2, 0.25) is 0 Å². The van der Waals surface area contributed by atoms with Gasteiger partial charge in [0.25, 0.3) is 0 Å². The van der Waals surface area contributed by atoms with Crippen molar-refractivity contribution < 1.29 is 22.8 Å². The van der Waals surface area contributed by atoms with E-state index in [0.29, 0.717) is 23.3 Å². The van der Waals surface area contributed by atoms with E-state index in [2.05, 4.69) is 26.3 Å². The summed E-state index contributed by atoms with van der Waals surface area (Å²) in [5.41, 5.74) is 0.526. The Kier molecular flexibility index (Phi) is 4.17. The fourth-order valence-electron chi connectivity index (χ4n) is 2.14. The Morgan fingerprint density at radius 3 is 2.68 bits per heavy atom. The Bertz CT molecular complexity index is 821. The van der Waals surface area contributed by atoms with Crippen molar-refractivity contribution in [3.8, 4) is 0 Å². The largest absolute Gasteiger partial charge is 0.417 e. The van der Waals surface area contributed by atoms with E-state index in [9.17, 15) is 22.8 Å². The lowest BCUT2D eigenvalue weighted by Crippen LogP contribution is -2.28. The predicted octanol–water partition coefficient (Wildman–Crippen LogP) is 3.20. The van der Waals surface area contributed by atoms with Crippen molar-refractivity contribution >= 4 is 29.1 Å². The van der Waals surface area contributed by atoms with Crippen LogP contribution in [0, 0.1) is 0 Å². The van der Waals surface area contributed by atoms with E-state index in [1.54, 1.807) is 18.2 Å². The Balaban J connectivity index is 1.59. The van der Waals surface area contributed by atoms with Crippen LogP contribution in [0.15, 0.2) is 36.5 Å². The van der Waals surface area contributed by atoms with Crippen LogP contribution in [0.2, 0.25) is 0 Å². The number of halogens is 3. The van der Waals surface area contributed by atoms with Gasteiger partial charge >= 0.3 is 18.2 Å². The summed E-state index contributed by atoms with van der Waals surface area (Å²) in [6.45, 7) is -0.0622. The van der Waals surface area contributed by atoms with E-state index in [0.717, 1.165) is 6.07 Å². The van der Waals surface area contributed by atoms with E-state index in [1.807, 2.05) is 0 Å². The Labute approximate surface area is 139 Å². The maximum Gasteiger partial charge on any atom is 0.417 e. The fourth-order valence-corrected chi connectivity index (χ4v) is 2.14. The SMILES string of the molecule is O=C1[N]c2c(cccc2NC(=O)NCc2ccc(C(F)(F)F)cn2)N1. The lowest BCUT2D eigenvalue weighted by atomic mass is 10.2. The van der Waals surface area contributed by atoms with E-state index >= 15 is 0 Å². The summed E-state index contributed by atoms with van der Waals surface area (Å²) in [5, 5.41) is 11.2. The van der Waals surface area contributed by atoms with Gasteiger partial charge in [-0.3, -0.25) is 4.98 Å². The third-order valence-corrected chi connectivity index (χ3v) is 3.32. The van der Waals surface area contributed by atoms with E-state index < -0.39 is 23.8 Å². The molecule has 2 heterocycles. The number of urea groups is 2. The molecular weight excluding hydrogens is 339 g/mol. The number of amides is 4. The predicted molar refractivity (Wildman–Crippen MR) is 82.4 cm³/mol. The van der Waals surface area contributed by atoms with Crippen molar-refractivity contribution in [2.45, 2.75) is 12.7 Å². The van der Waals surface area contributed by atoms with Crippen LogP contribution < -0.4 is 21.3 Å². The van der Waals surface area contributed by atoms with Crippen LogP contribution in [0.5, 0.6) is 0 Å². The van der Waals surface area contributed by atoms with Gasteiger partial charge in [-0.05, 0) is 24.3 Å². The maximum atomic E-state index is 12.5. The number of para-hydroxylation sites is 1. The molecule has 129 valence electrons. The van der Waals surface area contributed by atoms with Crippen LogP contribution in [-0.4, -0.2) is 17.0 Å². The lowest BCUT2D eigenvalue weighted by Gasteiger charge is -2.10. The standard InChI is InChI=1S/C15H11F3N5O2/c16-15(17,18)8-4-5-9(19-6-8)7-20-13(24)21-10-2-1-3-11-12(10)23-14(25)22-11/h1-6H,7H2,(H,22,25)(H2,20,21,24). The number of anilines is 2. The number of pyridine rings is 1. The number of nitrogens with one attached hydrogen (secondary N) is 3. The zero-order valence-corrected chi connectivity index (χ0v) is 12.5. The molecule has 1 aromatic carbocycles. The number of carbonyl (C=O) groups is 2. The number of rotatable bonds is 3. The third-order valence-electron chi connectivity index (χ3n) is 3.32. The second-order valence-corrected chi connectivity index (χ2v) is 5.09. The molecule has 1 radical (unpaired) electrons. The first-order valence-corrected chi connectivity index (χ1v) is 7.05. The first-order valence-electron chi connectivity index (χ1n) is 7.05. The number of fused-ring (bicyclic) bond motifs is 1. The van der Waals surface area contributed by atoms with Gasteiger partial charge in [-0.25, -0.2) is 9.59 Å². The summed E-state index contributed by atoms with van der Waals surface area (Å²) < 4.78 is 37.4. The topological polar surface area (TPSA) is 97.2 Å². The molecular formula is C15H11F3N5O2. The second kappa shape index (κ2) is 6.30. The molecule has 2 aromatic rings. The van der Waals surface area contributed by atoms with Crippen LogP contribution in [-0.2, 0) is 12.7 Å². The van der Waals surface area contributed by atoms with Gasteiger partial charge in [0.15, 0.2) is 0 Å². The number of carbonyl (C=O) groups excluding carboxylic acids is 2. The Morgan fingerprint density at radius 1 is 1.20 bits per heavy atom. The van der Waals surface area contributed by atoms with Gasteiger partial charge in [-0.1, -0.05) is 6.07 Å². The zero-order valence-electron chi connectivity index (χ0n) is 12.5. The third kappa shape index (κ3) is 3.79. The molecule has 0 unspecified atom stereocenters. The molecule has 3 rings (SSSR count). The van der Waals surface area contributed by atoms with Gasteiger partial charge in [0.1, 0.15) is 5.69 Å². The van der Waals surface area contributed by atoms with Crippen molar-refractivity contribution in [1.29, 1.82) is 0 Å². The highest BCUT2D eigenvalue weighted by atomic mass is 19.4. The van der Waals surface area contributed by atoms with Crippen molar-refractivity contribution in [2.75, 3.05) is 10.6 Å². The van der Waals surface area contributed by atoms with Gasteiger partial charge in [-0.2, -0.15) is 18.5 Å². The highest BCUT2D eigenvalue weighted by Gasteiger charge is 2.30. The average Bonchev–Trinajstić information content (AvgIpc) is 2.94. The van der Waals surface area contributed by atoms with E-state index in [-0.39, 0.29) is 12.2 Å². The molecule has 0 atom stereocenters. The van der Waals surface area contributed by atoms with Crippen molar-refractivity contribution in [3.63, 3.8) is 0 Å². The minimum absolute atomic E-state index is 0.0622.